The molecule has 0 aliphatic heterocycles. The van der Waals surface area contributed by atoms with E-state index >= 15 is 0 Å². The molecule has 0 amide bonds. The highest BCUT2D eigenvalue weighted by molar-refractivity contribution is 5.80. The van der Waals surface area contributed by atoms with Gasteiger partial charge in [0, 0.05) is 12.5 Å². The first-order valence-corrected chi connectivity index (χ1v) is 5.10. The van der Waals surface area contributed by atoms with Crippen LogP contribution in [0.5, 0.6) is 0 Å². The van der Waals surface area contributed by atoms with Crippen LogP contribution in [0, 0.1) is 12.3 Å². The summed E-state index contributed by atoms with van der Waals surface area (Å²) in [7, 11) is 0. The Bertz CT molecular complexity index is 385. The lowest BCUT2D eigenvalue weighted by Crippen LogP contribution is -2.26. The molecule has 3 heteroatoms. The molecule has 2 unspecified atom stereocenters. The van der Waals surface area contributed by atoms with Gasteiger partial charge in [0.25, 0.3) is 0 Å². The van der Waals surface area contributed by atoms with Crippen molar-refractivity contribution in [2.24, 2.45) is 11.1 Å². The predicted molar refractivity (Wildman–Crippen MR) is 57.7 cm³/mol. The molecular weight excluding hydrogens is 190 g/mol. The highest BCUT2D eigenvalue weighted by Crippen LogP contribution is 2.58. The summed E-state index contributed by atoms with van der Waals surface area (Å²) in [5.41, 5.74) is 7.13. The molecule has 0 aromatic heterocycles. The van der Waals surface area contributed by atoms with Crippen LogP contribution in [0.3, 0.4) is 0 Å². The highest BCUT2D eigenvalue weighted by atomic mass is 16.4. The molecular formula is C12H15NO2. The zero-order chi connectivity index (χ0) is 11.1. The van der Waals surface area contributed by atoms with E-state index < -0.39 is 11.4 Å². The molecule has 1 fully saturated rings. The SMILES string of the molecule is Cc1ccc(C2CC2(CN)C(=O)O)cc1. The van der Waals surface area contributed by atoms with Gasteiger partial charge >= 0.3 is 5.97 Å². The topological polar surface area (TPSA) is 63.3 Å². The molecule has 0 bridgehead atoms. The molecule has 0 spiro atoms. The Morgan fingerprint density at radius 3 is 2.53 bits per heavy atom. The summed E-state index contributed by atoms with van der Waals surface area (Å²) in [4.78, 5) is 11.1. The van der Waals surface area contributed by atoms with E-state index in [4.69, 9.17) is 10.8 Å². The molecule has 0 saturated heterocycles. The fourth-order valence-corrected chi connectivity index (χ4v) is 2.09. The van der Waals surface area contributed by atoms with Crippen molar-refractivity contribution in [2.45, 2.75) is 19.3 Å². The molecule has 0 radical (unpaired) electrons. The van der Waals surface area contributed by atoms with Gasteiger partial charge in [-0.25, -0.2) is 0 Å². The molecule has 1 aliphatic carbocycles. The van der Waals surface area contributed by atoms with Gasteiger partial charge in [0.05, 0.1) is 5.41 Å². The van der Waals surface area contributed by atoms with Crippen LogP contribution < -0.4 is 5.73 Å². The van der Waals surface area contributed by atoms with Crippen LogP contribution in [0.25, 0.3) is 0 Å². The molecule has 80 valence electrons. The number of aliphatic carboxylic acids is 1. The number of benzene rings is 1. The normalized spacial score (nSPS) is 28.8. The lowest BCUT2D eigenvalue weighted by Gasteiger charge is -2.09. The van der Waals surface area contributed by atoms with E-state index in [-0.39, 0.29) is 12.5 Å². The fraction of sp³-hybridized carbons (Fsp3) is 0.417. The summed E-state index contributed by atoms with van der Waals surface area (Å²) in [6.45, 7) is 2.24. The van der Waals surface area contributed by atoms with Crippen molar-refractivity contribution >= 4 is 5.97 Å². The molecule has 2 atom stereocenters. The maximum atomic E-state index is 11.1. The third-order valence-electron chi connectivity index (χ3n) is 3.35. The van der Waals surface area contributed by atoms with Gasteiger partial charge in [0.1, 0.15) is 0 Å². The summed E-state index contributed by atoms with van der Waals surface area (Å²) in [6.07, 6.45) is 0.669. The minimum absolute atomic E-state index is 0.0978. The van der Waals surface area contributed by atoms with Gasteiger partial charge in [0.2, 0.25) is 0 Å². The number of hydrogen-bond acceptors (Lipinski definition) is 2. The number of aryl methyl sites for hydroxylation is 1. The Labute approximate surface area is 88.9 Å². The lowest BCUT2D eigenvalue weighted by atomic mass is 9.99. The van der Waals surface area contributed by atoms with E-state index in [0.29, 0.717) is 6.42 Å². The molecule has 0 heterocycles. The number of carboxylic acid groups (broad SMARTS) is 1. The Balaban J connectivity index is 2.22. The first-order valence-electron chi connectivity index (χ1n) is 5.10. The number of rotatable bonds is 3. The summed E-state index contributed by atoms with van der Waals surface area (Å²) < 4.78 is 0. The molecule has 15 heavy (non-hydrogen) atoms. The smallest absolute Gasteiger partial charge is 0.311 e. The quantitative estimate of drug-likeness (QED) is 0.786. The monoisotopic (exact) mass is 205 g/mol. The minimum atomic E-state index is -0.768. The van der Waals surface area contributed by atoms with Crippen LogP contribution in [0.15, 0.2) is 24.3 Å². The second kappa shape index (κ2) is 3.35. The van der Waals surface area contributed by atoms with Gasteiger partial charge < -0.3 is 10.8 Å². The van der Waals surface area contributed by atoms with Crippen LogP contribution in [-0.2, 0) is 4.79 Å². The van der Waals surface area contributed by atoms with E-state index in [2.05, 4.69) is 0 Å². The average Bonchev–Trinajstić information content (AvgIpc) is 2.95. The average molecular weight is 205 g/mol. The van der Waals surface area contributed by atoms with Crippen LogP contribution >= 0.6 is 0 Å². The zero-order valence-electron chi connectivity index (χ0n) is 8.73. The maximum absolute atomic E-state index is 11.1. The summed E-state index contributed by atoms with van der Waals surface area (Å²) in [6, 6.07) is 8.02. The van der Waals surface area contributed by atoms with Gasteiger partial charge in [0.15, 0.2) is 0 Å². The van der Waals surface area contributed by atoms with Crippen LogP contribution in [-0.4, -0.2) is 17.6 Å². The summed E-state index contributed by atoms with van der Waals surface area (Å²) >= 11 is 0. The van der Waals surface area contributed by atoms with E-state index in [1.165, 1.54) is 5.56 Å². The van der Waals surface area contributed by atoms with Crippen molar-refractivity contribution in [2.75, 3.05) is 6.54 Å². The van der Waals surface area contributed by atoms with Crippen molar-refractivity contribution in [3.05, 3.63) is 35.4 Å². The Hall–Kier alpha value is -1.35. The van der Waals surface area contributed by atoms with E-state index in [1.54, 1.807) is 0 Å². The lowest BCUT2D eigenvalue weighted by molar-refractivity contribution is -0.143. The largest absolute Gasteiger partial charge is 0.481 e. The van der Waals surface area contributed by atoms with E-state index in [0.717, 1.165) is 5.56 Å². The summed E-state index contributed by atoms with van der Waals surface area (Å²) in [5.74, 6) is -0.670. The molecule has 1 saturated carbocycles. The number of carbonyl (C=O) groups is 1. The standard InChI is InChI=1S/C12H15NO2/c1-8-2-4-9(5-3-8)10-6-12(10,7-13)11(14)15/h2-5,10H,6-7,13H2,1H3,(H,14,15). The third-order valence-corrected chi connectivity index (χ3v) is 3.35. The van der Waals surface area contributed by atoms with Crippen molar-refractivity contribution in [1.82, 2.24) is 0 Å². The van der Waals surface area contributed by atoms with Crippen molar-refractivity contribution in [3.63, 3.8) is 0 Å². The fourth-order valence-electron chi connectivity index (χ4n) is 2.09. The molecule has 1 aromatic carbocycles. The van der Waals surface area contributed by atoms with Gasteiger partial charge in [-0.3, -0.25) is 4.79 Å². The predicted octanol–water partition coefficient (Wildman–Crippen LogP) is 1.51. The van der Waals surface area contributed by atoms with Gasteiger partial charge in [-0.1, -0.05) is 29.8 Å². The first-order chi connectivity index (χ1) is 7.10. The number of hydrogen-bond donors (Lipinski definition) is 2. The van der Waals surface area contributed by atoms with Crippen LogP contribution in [0.4, 0.5) is 0 Å². The van der Waals surface area contributed by atoms with Crippen molar-refractivity contribution < 1.29 is 9.90 Å². The Morgan fingerprint density at radius 1 is 1.53 bits per heavy atom. The second-order valence-corrected chi connectivity index (χ2v) is 4.33. The summed E-state index contributed by atoms with van der Waals surface area (Å²) in [5, 5.41) is 9.11. The van der Waals surface area contributed by atoms with Gasteiger partial charge in [-0.15, -0.1) is 0 Å². The third kappa shape index (κ3) is 1.53. The molecule has 2 rings (SSSR count). The van der Waals surface area contributed by atoms with Crippen molar-refractivity contribution in [1.29, 1.82) is 0 Å². The van der Waals surface area contributed by atoms with Gasteiger partial charge in [-0.2, -0.15) is 0 Å². The highest BCUT2D eigenvalue weighted by Gasteiger charge is 2.59. The van der Waals surface area contributed by atoms with Crippen LogP contribution in [0.1, 0.15) is 23.5 Å². The number of carboxylic acids is 1. The first kappa shape index (κ1) is 10.2. The minimum Gasteiger partial charge on any atom is -0.481 e. The van der Waals surface area contributed by atoms with Crippen molar-refractivity contribution in [3.8, 4) is 0 Å². The van der Waals surface area contributed by atoms with E-state index in [9.17, 15) is 4.79 Å². The number of nitrogens with two attached hydrogens (primary N) is 1. The maximum Gasteiger partial charge on any atom is 0.311 e. The van der Waals surface area contributed by atoms with Crippen LogP contribution in [0.2, 0.25) is 0 Å². The van der Waals surface area contributed by atoms with E-state index in [1.807, 2.05) is 31.2 Å². The Kier molecular flexibility index (Phi) is 2.27. The Morgan fingerprint density at radius 2 is 2.13 bits per heavy atom. The van der Waals surface area contributed by atoms with Gasteiger partial charge in [-0.05, 0) is 18.9 Å². The zero-order valence-corrected chi connectivity index (χ0v) is 8.73. The molecule has 3 nitrogen and oxygen atoms in total. The molecule has 1 aliphatic rings. The second-order valence-electron chi connectivity index (χ2n) is 4.33. The molecule has 1 aromatic rings. The molecule has 3 N–H and O–H groups in total.